The van der Waals surface area contributed by atoms with Gasteiger partial charge in [0.15, 0.2) is 0 Å². The van der Waals surface area contributed by atoms with Gasteiger partial charge in [0.2, 0.25) is 0 Å². The zero-order valence-corrected chi connectivity index (χ0v) is 15.8. The summed E-state index contributed by atoms with van der Waals surface area (Å²) in [4.78, 5) is 24.1. The van der Waals surface area contributed by atoms with Crippen molar-refractivity contribution in [2.45, 2.75) is 19.9 Å². The van der Waals surface area contributed by atoms with E-state index >= 15 is 0 Å². The Kier molecular flexibility index (Phi) is 5.91. The summed E-state index contributed by atoms with van der Waals surface area (Å²) in [5, 5.41) is 16.7. The maximum atomic E-state index is 12.6. The molecule has 0 bridgehead atoms. The molecule has 4 N–H and O–H groups in total. The number of fused-ring (bicyclic) bond motifs is 1. The average Bonchev–Trinajstić information content (AvgIpc) is 2.71. The number of hydrogen-bond donors (Lipinski definition) is 4. The van der Waals surface area contributed by atoms with E-state index in [4.69, 9.17) is 5.21 Å². The van der Waals surface area contributed by atoms with Crippen molar-refractivity contribution in [3.05, 3.63) is 77.9 Å². The van der Waals surface area contributed by atoms with Gasteiger partial charge in [0.25, 0.3) is 5.91 Å². The van der Waals surface area contributed by atoms with Crippen molar-refractivity contribution in [2.75, 3.05) is 5.32 Å². The van der Waals surface area contributed by atoms with Crippen molar-refractivity contribution in [3.63, 3.8) is 0 Å². The summed E-state index contributed by atoms with van der Waals surface area (Å²) in [5.41, 5.74) is 3.57. The fourth-order valence-electron chi connectivity index (χ4n) is 3.18. The second-order valence-electron chi connectivity index (χ2n) is 6.91. The molecule has 3 amide bonds. The molecule has 0 aliphatic carbocycles. The first-order chi connectivity index (χ1) is 13.5. The number of amides is 3. The van der Waals surface area contributed by atoms with Crippen LogP contribution in [0.25, 0.3) is 10.8 Å². The first kappa shape index (κ1) is 19.4. The predicted molar refractivity (Wildman–Crippen MR) is 109 cm³/mol. The topological polar surface area (TPSA) is 90.5 Å². The lowest BCUT2D eigenvalue weighted by Gasteiger charge is -2.23. The Morgan fingerprint density at radius 2 is 1.57 bits per heavy atom. The highest BCUT2D eigenvalue weighted by atomic mass is 16.5. The number of nitrogens with one attached hydrogen (secondary N) is 3. The largest absolute Gasteiger partial charge is 0.331 e. The van der Waals surface area contributed by atoms with Gasteiger partial charge in [-0.25, -0.2) is 10.3 Å². The minimum Gasteiger partial charge on any atom is -0.331 e. The SMILES string of the molecule is CC(C)[C@@H](NC(=O)Nc1cccc2ccccc12)c1ccc(C(=O)NO)cc1. The molecular formula is C22H23N3O3. The zero-order valence-electron chi connectivity index (χ0n) is 15.8. The van der Waals surface area contributed by atoms with Crippen LogP contribution in [0.1, 0.15) is 35.8 Å². The van der Waals surface area contributed by atoms with E-state index < -0.39 is 5.91 Å². The van der Waals surface area contributed by atoms with Gasteiger partial charge in [0, 0.05) is 10.9 Å². The first-order valence-electron chi connectivity index (χ1n) is 9.09. The second-order valence-corrected chi connectivity index (χ2v) is 6.91. The van der Waals surface area contributed by atoms with Crippen LogP contribution in [0.4, 0.5) is 10.5 Å². The molecular weight excluding hydrogens is 354 g/mol. The van der Waals surface area contributed by atoms with Gasteiger partial charge in [0.05, 0.1) is 11.7 Å². The summed E-state index contributed by atoms with van der Waals surface area (Å²) in [6, 6.07) is 19.9. The van der Waals surface area contributed by atoms with Gasteiger partial charge in [-0.05, 0) is 35.1 Å². The van der Waals surface area contributed by atoms with Crippen LogP contribution < -0.4 is 16.1 Å². The van der Waals surface area contributed by atoms with Gasteiger partial charge >= 0.3 is 6.03 Å². The third kappa shape index (κ3) is 4.29. The lowest BCUT2D eigenvalue weighted by molar-refractivity contribution is 0.0706. The summed E-state index contributed by atoms with van der Waals surface area (Å²) in [6.07, 6.45) is 0. The van der Waals surface area contributed by atoms with Gasteiger partial charge < -0.3 is 10.6 Å². The molecule has 28 heavy (non-hydrogen) atoms. The molecule has 0 aliphatic heterocycles. The standard InChI is InChI=1S/C22H23N3O3/c1-14(2)20(16-10-12-17(13-11-16)21(26)25-28)24-22(27)23-19-9-5-7-15-6-3-4-8-18(15)19/h3-14,20,28H,1-2H3,(H,25,26)(H2,23,24,27)/t20-/m1/s1. The molecule has 0 fully saturated rings. The van der Waals surface area contributed by atoms with E-state index in [-0.39, 0.29) is 18.0 Å². The summed E-state index contributed by atoms with van der Waals surface area (Å²) >= 11 is 0. The van der Waals surface area contributed by atoms with Crippen molar-refractivity contribution in [2.24, 2.45) is 5.92 Å². The number of rotatable bonds is 5. The molecule has 3 aromatic carbocycles. The van der Waals surface area contributed by atoms with Crippen LogP contribution in [0, 0.1) is 5.92 Å². The van der Waals surface area contributed by atoms with Crippen LogP contribution in [0.2, 0.25) is 0 Å². The Morgan fingerprint density at radius 3 is 2.25 bits per heavy atom. The molecule has 0 saturated heterocycles. The Labute approximate surface area is 163 Å². The zero-order chi connectivity index (χ0) is 20.1. The van der Waals surface area contributed by atoms with Gasteiger partial charge in [-0.1, -0.05) is 62.4 Å². The van der Waals surface area contributed by atoms with E-state index in [9.17, 15) is 9.59 Å². The predicted octanol–water partition coefficient (Wildman–Crippen LogP) is 4.48. The maximum Gasteiger partial charge on any atom is 0.319 e. The Bertz CT molecular complexity index is 978. The molecule has 3 aromatic rings. The van der Waals surface area contributed by atoms with Crippen LogP contribution in [-0.4, -0.2) is 17.1 Å². The lowest BCUT2D eigenvalue weighted by atomic mass is 9.95. The van der Waals surface area contributed by atoms with Crippen LogP contribution >= 0.6 is 0 Å². The Morgan fingerprint density at radius 1 is 0.893 bits per heavy atom. The lowest BCUT2D eigenvalue weighted by Crippen LogP contribution is -2.35. The smallest absolute Gasteiger partial charge is 0.319 e. The fourth-order valence-corrected chi connectivity index (χ4v) is 3.18. The monoisotopic (exact) mass is 377 g/mol. The number of carbonyl (C=O) groups is 2. The van der Waals surface area contributed by atoms with E-state index in [1.807, 2.05) is 56.3 Å². The van der Waals surface area contributed by atoms with Crippen molar-refractivity contribution in [1.29, 1.82) is 0 Å². The van der Waals surface area contributed by atoms with E-state index in [0.717, 1.165) is 22.0 Å². The Balaban J connectivity index is 1.77. The van der Waals surface area contributed by atoms with Crippen LogP contribution in [0.3, 0.4) is 0 Å². The molecule has 0 radical (unpaired) electrons. The summed E-state index contributed by atoms with van der Waals surface area (Å²) in [6.45, 7) is 4.02. The maximum absolute atomic E-state index is 12.6. The summed E-state index contributed by atoms with van der Waals surface area (Å²) < 4.78 is 0. The van der Waals surface area contributed by atoms with Crippen LogP contribution in [0.5, 0.6) is 0 Å². The van der Waals surface area contributed by atoms with Crippen LogP contribution in [-0.2, 0) is 0 Å². The third-order valence-corrected chi connectivity index (χ3v) is 4.62. The normalized spacial score (nSPS) is 11.9. The van der Waals surface area contributed by atoms with Gasteiger partial charge in [-0.2, -0.15) is 0 Å². The van der Waals surface area contributed by atoms with Crippen LogP contribution in [0.15, 0.2) is 66.7 Å². The number of hydroxylamine groups is 1. The molecule has 144 valence electrons. The highest BCUT2D eigenvalue weighted by Crippen LogP contribution is 2.25. The van der Waals surface area contributed by atoms with Crippen molar-refractivity contribution >= 4 is 28.4 Å². The molecule has 1 atom stereocenters. The van der Waals surface area contributed by atoms with E-state index in [0.29, 0.717) is 5.56 Å². The molecule has 0 unspecified atom stereocenters. The average molecular weight is 377 g/mol. The fraction of sp³-hybridized carbons (Fsp3) is 0.182. The Hall–Kier alpha value is -3.38. The molecule has 0 spiro atoms. The minimum absolute atomic E-state index is 0.135. The number of urea groups is 1. The van der Waals surface area contributed by atoms with Gasteiger partial charge in [0.1, 0.15) is 0 Å². The first-order valence-corrected chi connectivity index (χ1v) is 9.09. The number of carbonyl (C=O) groups excluding carboxylic acids is 2. The van der Waals surface area contributed by atoms with Gasteiger partial charge in [-0.3, -0.25) is 10.0 Å². The minimum atomic E-state index is -0.575. The highest BCUT2D eigenvalue weighted by Gasteiger charge is 2.19. The van der Waals surface area contributed by atoms with E-state index in [1.165, 1.54) is 0 Å². The summed E-state index contributed by atoms with van der Waals surface area (Å²) in [7, 11) is 0. The molecule has 6 heteroatoms. The molecule has 6 nitrogen and oxygen atoms in total. The molecule has 3 rings (SSSR count). The van der Waals surface area contributed by atoms with Crippen molar-refractivity contribution in [1.82, 2.24) is 10.8 Å². The molecule has 0 aromatic heterocycles. The quantitative estimate of drug-likeness (QED) is 0.390. The van der Waals surface area contributed by atoms with E-state index in [1.54, 1.807) is 29.7 Å². The third-order valence-electron chi connectivity index (χ3n) is 4.62. The van der Waals surface area contributed by atoms with Crippen molar-refractivity contribution in [3.8, 4) is 0 Å². The number of anilines is 1. The molecule has 0 heterocycles. The summed E-state index contributed by atoms with van der Waals surface area (Å²) in [5.74, 6) is -0.440. The van der Waals surface area contributed by atoms with Gasteiger partial charge in [-0.15, -0.1) is 0 Å². The van der Waals surface area contributed by atoms with Crippen molar-refractivity contribution < 1.29 is 14.8 Å². The second kappa shape index (κ2) is 8.54. The molecule has 0 saturated carbocycles. The highest BCUT2D eigenvalue weighted by molar-refractivity contribution is 6.01. The van der Waals surface area contributed by atoms with E-state index in [2.05, 4.69) is 10.6 Å². The molecule has 0 aliphatic rings. The number of hydrogen-bond acceptors (Lipinski definition) is 3. The number of benzene rings is 3.